The van der Waals surface area contributed by atoms with E-state index in [1.165, 1.54) is 30.5 Å². The summed E-state index contributed by atoms with van der Waals surface area (Å²) in [5.41, 5.74) is 4.12. The lowest BCUT2D eigenvalue weighted by molar-refractivity contribution is 0.0724. The summed E-state index contributed by atoms with van der Waals surface area (Å²) in [6.45, 7) is 7.04. The third kappa shape index (κ3) is 6.00. The molecule has 0 unspecified atom stereocenters. The van der Waals surface area contributed by atoms with Crippen LogP contribution in [-0.2, 0) is 6.54 Å². The molecule has 0 radical (unpaired) electrons. The molecule has 2 N–H and O–H groups in total. The number of thiocarbonyl (C=S) groups is 1. The van der Waals surface area contributed by atoms with Crippen molar-refractivity contribution in [3.63, 3.8) is 0 Å². The Hall–Kier alpha value is -2.60. The van der Waals surface area contributed by atoms with Crippen molar-refractivity contribution in [3.05, 3.63) is 59.7 Å². The van der Waals surface area contributed by atoms with Crippen molar-refractivity contribution in [2.45, 2.75) is 45.6 Å². The van der Waals surface area contributed by atoms with Crippen molar-refractivity contribution in [2.75, 3.05) is 36.4 Å². The lowest BCUT2D eigenvalue weighted by atomic mass is 9.99. The Morgan fingerprint density at radius 3 is 2.38 bits per heavy atom. The number of piperidine rings is 2. The summed E-state index contributed by atoms with van der Waals surface area (Å²) in [6, 6.07) is 16.4. The van der Waals surface area contributed by atoms with E-state index in [1.807, 2.05) is 29.2 Å². The molecular formula is C26H34N4OS. The number of likely N-dealkylation sites (tertiary alicyclic amines) is 1. The van der Waals surface area contributed by atoms with Crippen LogP contribution in [0.2, 0.25) is 0 Å². The number of hydrogen-bond acceptors (Lipinski definition) is 3. The number of nitrogens with zero attached hydrogens (tertiary/aromatic N) is 2. The van der Waals surface area contributed by atoms with Gasteiger partial charge in [-0.2, -0.15) is 0 Å². The minimum atomic E-state index is 0.124. The van der Waals surface area contributed by atoms with Gasteiger partial charge in [-0.3, -0.25) is 4.79 Å². The molecule has 0 aliphatic carbocycles. The molecule has 5 nitrogen and oxygen atoms in total. The Bertz CT molecular complexity index is 906. The largest absolute Gasteiger partial charge is 0.371 e. The number of carbonyl (C=O) groups excluding carboxylic acids is 1. The summed E-state index contributed by atoms with van der Waals surface area (Å²) in [7, 11) is 0. The fourth-order valence-electron chi connectivity index (χ4n) is 4.58. The topological polar surface area (TPSA) is 47.6 Å². The fraction of sp³-hybridized carbons (Fsp3) is 0.462. The van der Waals surface area contributed by atoms with Crippen molar-refractivity contribution in [1.29, 1.82) is 0 Å². The molecule has 32 heavy (non-hydrogen) atoms. The van der Waals surface area contributed by atoms with Crippen molar-refractivity contribution in [1.82, 2.24) is 10.2 Å². The molecule has 2 aliphatic heterocycles. The van der Waals surface area contributed by atoms with Crippen LogP contribution in [0.4, 0.5) is 11.4 Å². The second-order valence-corrected chi connectivity index (χ2v) is 9.51. The van der Waals surface area contributed by atoms with E-state index in [2.05, 4.69) is 46.7 Å². The van der Waals surface area contributed by atoms with E-state index in [4.69, 9.17) is 12.2 Å². The van der Waals surface area contributed by atoms with Gasteiger partial charge in [-0.15, -0.1) is 0 Å². The number of benzene rings is 2. The van der Waals surface area contributed by atoms with Crippen molar-refractivity contribution >= 4 is 34.6 Å². The van der Waals surface area contributed by atoms with Crippen molar-refractivity contribution in [2.24, 2.45) is 5.92 Å². The maximum atomic E-state index is 12.6. The van der Waals surface area contributed by atoms with Crippen LogP contribution in [0.15, 0.2) is 48.5 Å². The maximum Gasteiger partial charge on any atom is 0.253 e. The third-order valence-corrected chi connectivity index (χ3v) is 6.69. The van der Waals surface area contributed by atoms with Gasteiger partial charge in [-0.1, -0.05) is 19.1 Å². The quantitative estimate of drug-likeness (QED) is 0.625. The number of amides is 1. The molecule has 2 heterocycles. The molecule has 2 aromatic carbocycles. The predicted octanol–water partition coefficient (Wildman–Crippen LogP) is 5.04. The summed E-state index contributed by atoms with van der Waals surface area (Å²) >= 11 is 5.46. The molecule has 1 atom stereocenters. The molecule has 1 amide bonds. The SMILES string of the molecule is C[C@@H]1CCCN(c2ccc(CNC(=S)Nc3ccc(C(=O)N4CCCCC4)cc3)cc2)C1. The molecule has 0 bridgehead atoms. The summed E-state index contributed by atoms with van der Waals surface area (Å²) in [4.78, 5) is 17.0. The van der Waals surface area contributed by atoms with Gasteiger partial charge in [0.1, 0.15) is 0 Å². The first-order valence-corrected chi connectivity index (χ1v) is 12.3. The molecule has 0 saturated carbocycles. The summed E-state index contributed by atoms with van der Waals surface area (Å²) < 4.78 is 0. The van der Waals surface area contributed by atoms with Gasteiger partial charge in [-0.25, -0.2) is 0 Å². The summed E-state index contributed by atoms with van der Waals surface area (Å²) in [6.07, 6.45) is 6.04. The van der Waals surface area contributed by atoms with Gasteiger partial charge >= 0.3 is 0 Å². The van der Waals surface area contributed by atoms with E-state index in [0.29, 0.717) is 11.7 Å². The minimum Gasteiger partial charge on any atom is -0.371 e. The smallest absolute Gasteiger partial charge is 0.253 e. The molecule has 2 aliphatic rings. The zero-order valence-electron chi connectivity index (χ0n) is 19.0. The van der Waals surface area contributed by atoms with E-state index in [9.17, 15) is 4.79 Å². The highest BCUT2D eigenvalue weighted by atomic mass is 32.1. The molecule has 2 aromatic rings. The molecule has 170 valence electrons. The average molecular weight is 451 g/mol. The number of hydrogen-bond donors (Lipinski definition) is 2. The third-order valence-electron chi connectivity index (χ3n) is 6.44. The summed E-state index contributed by atoms with van der Waals surface area (Å²) in [5, 5.41) is 7.06. The van der Waals surface area contributed by atoms with Crippen LogP contribution in [0.1, 0.15) is 54.9 Å². The first kappa shape index (κ1) is 22.6. The van der Waals surface area contributed by atoms with Crippen LogP contribution in [-0.4, -0.2) is 42.1 Å². The van der Waals surface area contributed by atoms with E-state index in [-0.39, 0.29) is 5.91 Å². The zero-order chi connectivity index (χ0) is 22.3. The van der Waals surface area contributed by atoms with Gasteiger partial charge in [0.15, 0.2) is 5.11 Å². The fourth-order valence-corrected chi connectivity index (χ4v) is 4.77. The van der Waals surface area contributed by atoms with Crippen LogP contribution in [0.3, 0.4) is 0 Å². The lowest BCUT2D eigenvalue weighted by Gasteiger charge is -2.32. The molecule has 0 aromatic heterocycles. The monoisotopic (exact) mass is 450 g/mol. The minimum absolute atomic E-state index is 0.124. The second kappa shape index (κ2) is 10.8. The van der Waals surface area contributed by atoms with Crippen LogP contribution in [0.5, 0.6) is 0 Å². The van der Waals surface area contributed by atoms with E-state index in [1.54, 1.807) is 0 Å². The predicted molar refractivity (Wildman–Crippen MR) is 136 cm³/mol. The Labute approximate surface area is 197 Å². The highest BCUT2D eigenvalue weighted by Gasteiger charge is 2.18. The highest BCUT2D eigenvalue weighted by molar-refractivity contribution is 7.80. The van der Waals surface area contributed by atoms with E-state index < -0.39 is 0 Å². The van der Waals surface area contributed by atoms with Crippen LogP contribution in [0, 0.1) is 5.92 Å². The standard InChI is InChI=1S/C26H34N4OS/c1-20-6-5-17-30(19-20)24-13-7-21(8-14-24)18-27-26(32)28-23-11-9-22(10-12-23)25(31)29-15-3-2-4-16-29/h7-14,20H,2-6,15-19H2,1H3,(H2,27,28,32)/t20-/m1/s1. The van der Waals surface area contributed by atoms with Gasteiger partial charge in [0.2, 0.25) is 0 Å². The van der Waals surface area contributed by atoms with Gasteiger partial charge in [0, 0.05) is 49.7 Å². The number of anilines is 2. The normalized spacial score (nSPS) is 18.8. The van der Waals surface area contributed by atoms with Crippen molar-refractivity contribution < 1.29 is 4.79 Å². The average Bonchev–Trinajstić information content (AvgIpc) is 2.84. The van der Waals surface area contributed by atoms with Crippen LogP contribution in [0.25, 0.3) is 0 Å². The number of nitrogens with one attached hydrogen (secondary N) is 2. The van der Waals surface area contributed by atoms with Crippen molar-refractivity contribution in [3.8, 4) is 0 Å². The lowest BCUT2D eigenvalue weighted by Crippen LogP contribution is -2.35. The molecule has 0 spiro atoms. The van der Waals surface area contributed by atoms with Crippen LogP contribution < -0.4 is 15.5 Å². The second-order valence-electron chi connectivity index (χ2n) is 9.10. The molecule has 4 rings (SSSR count). The summed E-state index contributed by atoms with van der Waals surface area (Å²) in [5.74, 6) is 0.893. The number of carbonyl (C=O) groups is 1. The van der Waals surface area contributed by atoms with E-state index in [0.717, 1.165) is 56.2 Å². The number of rotatable bonds is 5. The highest BCUT2D eigenvalue weighted by Crippen LogP contribution is 2.23. The van der Waals surface area contributed by atoms with Gasteiger partial charge in [-0.05, 0) is 92.2 Å². The van der Waals surface area contributed by atoms with Gasteiger partial charge in [0.05, 0.1) is 0 Å². The van der Waals surface area contributed by atoms with Crippen LogP contribution >= 0.6 is 12.2 Å². The Balaban J connectivity index is 1.24. The Kier molecular flexibility index (Phi) is 7.63. The van der Waals surface area contributed by atoms with E-state index >= 15 is 0 Å². The Morgan fingerprint density at radius 2 is 1.69 bits per heavy atom. The zero-order valence-corrected chi connectivity index (χ0v) is 19.8. The maximum absolute atomic E-state index is 12.6. The Morgan fingerprint density at radius 1 is 0.969 bits per heavy atom. The first-order valence-electron chi connectivity index (χ1n) is 11.9. The first-order chi connectivity index (χ1) is 15.6. The molecule has 6 heteroatoms. The molecule has 2 fully saturated rings. The van der Waals surface area contributed by atoms with Gasteiger partial charge in [0.25, 0.3) is 5.91 Å². The molecular weight excluding hydrogens is 416 g/mol. The molecule has 2 saturated heterocycles. The van der Waals surface area contributed by atoms with Gasteiger partial charge < -0.3 is 20.4 Å².